The van der Waals surface area contributed by atoms with E-state index in [1.54, 1.807) is 11.8 Å². The molecule has 1 N–H and O–H groups in total. The molecule has 0 fully saturated rings. The van der Waals surface area contributed by atoms with E-state index in [1.807, 2.05) is 18.2 Å². The second-order valence-electron chi connectivity index (χ2n) is 5.74. The number of rotatable bonds is 3. The van der Waals surface area contributed by atoms with Gasteiger partial charge >= 0.3 is 0 Å². The Balaban J connectivity index is 1.63. The molecule has 4 rings (SSSR count). The molecule has 2 heterocycles. The Morgan fingerprint density at radius 3 is 2.70 bits per heavy atom. The van der Waals surface area contributed by atoms with Crippen LogP contribution in [0.4, 0.5) is 0 Å². The molecule has 0 radical (unpaired) electrons. The number of aromatic nitrogens is 3. The number of imidazole rings is 1. The van der Waals surface area contributed by atoms with Crippen molar-refractivity contribution in [3.05, 3.63) is 65.5 Å². The first-order chi connectivity index (χ1) is 11.2. The fraction of sp³-hybridized carbons (Fsp3) is 0.158. The third-order valence-corrected chi connectivity index (χ3v) is 4.94. The molecular formula is C19H17N3S. The molecule has 0 aliphatic rings. The van der Waals surface area contributed by atoms with Gasteiger partial charge in [-0.05, 0) is 43.2 Å². The monoisotopic (exact) mass is 319 g/mol. The van der Waals surface area contributed by atoms with E-state index in [2.05, 4.69) is 54.1 Å². The molecule has 0 bridgehead atoms. The van der Waals surface area contributed by atoms with Crippen LogP contribution in [0.5, 0.6) is 0 Å². The number of aryl methyl sites for hydroxylation is 2. The van der Waals surface area contributed by atoms with Crippen LogP contribution in [0.25, 0.3) is 21.9 Å². The second kappa shape index (κ2) is 5.70. The van der Waals surface area contributed by atoms with Crippen molar-refractivity contribution in [1.82, 2.24) is 15.0 Å². The van der Waals surface area contributed by atoms with Crippen molar-refractivity contribution in [1.29, 1.82) is 0 Å². The van der Waals surface area contributed by atoms with E-state index in [0.29, 0.717) is 0 Å². The molecule has 0 atom stereocenters. The van der Waals surface area contributed by atoms with E-state index in [1.165, 1.54) is 16.5 Å². The lowest BCUT2D eigenvalue weighted by Crippen LogP contribution is -1.91. The van der Waals surface area contributed by atoms with Gasteiger partial charge in [0.1, 0.15) is 5.82 Å². The first-order valence-electron chi connectivity index (χ1n) is 7.64. The lowest BCUT2D eigenvalue weighted by atomic mass is 10.1. The molecule has 0 amide bonds. The number of H-pyrrole nitrogens is 1. The Labute approximate surface area is 139 Å². The molecule has 114 valence electrons. The van der Waals surface area contributed by atoms with Crippen LogP contribution >= 0.6 is 11.8 Å². The molecule has 0 aliphatic carbocycles. The van der Waals surface area contributed by atoms with Crippen LogP contribution in [0, 0.1) is 13.8 Å². The quantitative estimate of drug-likeness (QED) is 0.539. The number of hydrogen-bond donors (Lipinski definition) is 1. The smallest absolute Gasteiger partial charge is 0.117 e. The maximum absolute atomic E-state index is 4.83. The van der Waals surface area contributed by atoms with E-state index in [0.717, 1.165) is 33.2 Å². The summed E-state index contributed by atoms with van der Waals surface area (Å²) in [5.41, 5.74) is 5.69. The third-order valence-electron chi connectivity index (χ3n) is 4.02. The van der Waals surface area contributed by atoms with Crippen LogP contribution < -0.4 is 0 Å². The molecule has 4 aromatic rings. The van der Waals surface area contributed by atoms with E-state index >= 15 is 0 Å². The zero-order chi connectivity index (χ0) is 15.8. The summed E-state index contributed by atoms with van der Waals surface area (Å²) >= 11 is 1.72. The van der Waals surface area contributed by atoms with Crippen molar-refractivity contribution in [2.45, 2.75) is 24.6 Å². The Kier molecular flexibility index (Phi) is 3.54. The highest BCUT2D eigenvalue weighted by Gasteiger charge is 2.07. The largest absolute Gasteiger partial charge is 0.341 e. The molecule has 23 heavy (non-hydrogen) atoms. The van der Waals surface area contributed by atoms with Crippen LogP contribution in [0.15, 0.2) is 53.6 Å². The summed E-state index contributed by atoms with van der Waals surface area (Å²) in [6.07, 6.45) is 0. The van der Waals surface area contributed by atoms with Crippen LogP contribution in [0.3, 0.4) is 0 Å². The molecule has 0 saturated carbocycles. The van der Waals surface area contributed by atoms with Crippen LogP contribution in [-0.4, -0.2) is 15.0 Å². The van der Waals surface area contributed by atoms with E-state index in [4.69, 9.17) is 4.98 Å². The van der Waals surface area contributed by atoms with Crippen molar-refractivity contribution in [2.75, 3.05) is 0 Å². The number of para-hydroxylation sites is 3. The van der Waals surface area contributed by atoms with E-state index in [9.17, 15) is 0 Å². The number of benzene rings is 2. The molecule has 2 aromatic carbocycles. The maximum atomic E-state index is 4.83. The van der Waals surface area contributed by atoms with Gasteiger partial charge in [0.15, 0.2) is 0 Å². The zero-order valence-electron chi connectivity index (χ0n) is 13.1. The third kappa shape index (κ3) is 2.70. The molecular weight excluding hydrogens is 302 g/mol. The zero-order valence-corrected chi connectivity index (χ0v) is 13.9. The minimum atomic E-state index is 0.790. The van der Waals surface area contributed by atoms with Crippen LogP contribution in [0.1, 0.15) is 17.0 Å². The van der Waals surface area contributed by atoms with Crippen molar-refractivity contribution in [2.24, 2.45) is 0 Å². The molecule has 3 nitrogen and oxygen atoms in total. The van der Waals surface area contributed by atoms with Gasteiger partial charge in [-0.3, -0.25) is 0 Å². The van der Waals surface area contributed by atoms with Gasteiger partial charge < -0.3 is 4.98 Å². The van der Waals surface area contributed by atoms with Gasteiger partial charge in [-0.25, -0.2) is 9.97 Å². The normalized spacial score (nSPS) is 11.4. The van der Waals surface area contributed by atoms with Crippen LogP contribution in [0.2, 0.25) is 0 Å². The highest BCUT2D eigenvalue weighted by Crippen LogP contribution is 2.27. The maximum Gasteiger partial charge on any atom is 0.117 e. The molecule has 0 spiro atoms. The van der Waals surface area contributed by atoms with Crippen LogP contribution in [-0.2, 0) is 5.75 Å². The average Bonchev–Trinajstić information content (AvgIpc) is 2.97. The molecule has 4 heteroatoms. The van der Waals surface area contributed by atoms with Gasteiger partial charge in [0.05, 0.1) is 27.3 Å². The van der Waals surface area contributed by atoms with Gasteiger partial charge in [-0.1, -0.05) is 42.1 Å². The number of hydrogen-bond acceptors (Lipinski definition) is 3. The first kappa shape index (κ1) is 14.3. The van der Waals surface area contributed by atoms with Crippen molar-refractivity contribution in [3.63, 3.8) is 0 Å². The lowest BCUT2D eigenvalue weighted by molar-refractivity contribution is 1.11. The van der Waals surface area contributed by atoms with E-state index in [-0.39, 0.29) is 0 Å². The molecule has 0 unspecified atom stereocenters. The van der Waals surface area contributed by atoms with Crippen molar-refractivity contribution < 1.29 is 0 Å². The summed E-state index contributed by atoms with van der Waals surface area (Å²) < 4.78 is 0. The highest BCUT2D eigenvalue weighted by molar-refractivity contribution is 7.98. The van der Waals surface area contributed by atoms with Crippen molar-refractivity contribution >= 4 is 33.7 Å². The summed E-state index contributed by atoms with van der Waals surface area (Å²) in [5.74, 6) is 1.78. The highest BCUT2D eigenvalue weighted by atomic mass is 32.2. The fourth-order valence-electron chi connectivity index (χ4n) is 2.82. The standard InChI is InChI=1S/C19H17N3S/c1-12-6-5-7-14-13(2)10-18(22-19(12)14)23-11-17-20-15-8-3-4-9-16(15)21-17/h3-10H,11H2,1-2H3,(H,20,21). The van der Waals surface area contributed by atoms with E-state index < -0.39 is 0 Å². The summed E-state index contributed by atoms with van der Waals surface area (Å²) in [6.45, 7) is 4.26. The predicted octanol–water partition coefficient (Wildman–Crippen LogP) is 5.02. The summed E-state index contributed by atoms with van der Waals surface area (Å²) in [6, 6.07) is 16.6. The SMILES string of the molecule is Cc1cc(SCc2nc3ccccc3[nH]2)nc2c(C)cccc12. The predicted molar refractivity (Wildman–Crippen MR) is 96.9 cm³/mol. The minimum absolute atomic E-state index is 0.790. The number of thioether (sulfide) groups is 1. The van der Waals surface area contributed by atoms with Gasteiger partial charge in [0.2, 0.25) is 0 Å². The van der Waals surface area contributed by atoms with Gasteiger partial charge in [-0.2, -0.15) is 0 Å². The Bertz CT molecular complexity index is 971. The lowest BCUT2D eigenvalue weighted by Gasteiger charge is -2.07. The molecule has 0 aliphatic heterocycles. The summed E-state index contributed by atoms with van der Waals surface area (Å²) in [7, 11) is 0. The number of aromatic amines is 1. The summed E-state index contributed by atoms with van der Waals surface area (Å²) in [5, 5.41) is 2.28. The molecule has 2 aromatic heterocycles. The minimum Gasteiger partial charge on any atom is -0.341 e. The Hall–Kier alpha value is -2.33. The second-order valence-corrected chi connectivity index (χ2v) is 6.73. The van der Waals surface area contributed by atoms with Gasteiger partial charge in [-0.15, -0.1) is 0 Å². The van der Waals surface area contributed by atoms with Gasteiger partial charge in [0, 0.05) is 5.39 Å². The number of fused-ring (bicyclic) bond motifs is 2. The number of pyridine rings is 1. The van der Waals surface area contributed by atoms with Gasteiger partial charge in [0.25, 0.3) is 0 Å². The number of nitrogens with zero attached hydrogens (tertiary/aromatic N) is 2. The average molecular weight is 319 g/mol. The Morgan fingerprint density at radius 1 is 0.957 bits per heavy atom. The molecule has 0 saturated heterocycles. The Morgan fingerprint density at radius 2 is 1.83 bits per heavy atom. The van der Waals surface area contributed by atoms with Crippen molar-refractivity contribution in [3.8, 4) is 0 Å². The first-order valence-corrected chi connectivity index (χ1v) is 8.63. The fourth-order valence-corrected chi connectivity index (χ4v) is 3.66. The summed E-state index contributed by atoms with van der Waals surface area (Å²) in [4.78, 5) is 12.8. The number of nitrogens with one attached hydrogen (secondary N) is 1. The topological polar surface area (TPSA) is 41.6 Å².